The highest BCUT2D eigenvalue weighted by Gasteiger charge is 2.11. The van der Waals surface area contributed by atoms with Crippen molar-refractivity contribution in [3.8, 4) is 11.5 Å². The lowest BCUT2D eigenvalue weighted by atomic mass is 10.2. The van der Waals surface area contributed by atoms with Crippen LogP contribution in [-0.2, 0) is 14.4 Å². The van der Waals surface area contributed by atoms with E-state index in [0.717, 1.165) is 5.56 Å². The predicted octanol–water partition coefficient (Wildman–Crippen LogP) is 4.68. The molecular weight excluding hydrogens is 515 g/mol. The summed E-state index contributed by atoms with van der Waals surface area (Å²) < 4.78 is 24.5. The lowest BCUT2D eigenvalue weighted by Gasteiger charge is -2.11. The predicted molar refractivity (Wildman–Crippen MR) is 143 cm³/mol. The molecule has 0 saturated heterocycles. The zero-order valence-corrected chi connectivity index (χ0v) is 21.5. The molecule has 0 fully saturated rings. The van der Waals surface area contributed by atoms with Gasteiger partial charge < -0.3 is 20.1 Å². The van der Waals surface area contributed by atoms with Gasteiger partial charge in [0.2, 0.25) is 11.8 Å². The van der Waals surface area contributed by atoms with Crippen molar-refractivity contribution in [2.75, 3.05) is 24.4 Å². The van der Waals surface area contributed by atoms with Crippen LogP contribution in [0, 0.1) is 12.7 Å². The minimum absolute atomic E-state index is 0.0306. The number of aryl methyl sites for hydroxylation is 1. The number of hydrogen-bond acceptors (Lipinski definition) is 6. The van der Waals surface area contributed by atoms with E-state index in [4.69, 9.17) is 21.1 Å². The van der Waals surface area contributed by atoms with Gasteiger partial charge in [-0.1, -0.05) is 29.8 Å². The molecule has 0 heterocycles. The molecule has 3 rings (SSSR count). The Bertz CT molecular complexity index is 1350. The van der Waals surface area contributed by atoms with Gasteiger partial charge in [0, 0.05) is 23.6 Å². The third kappa shape index (κ3) is 8.59. The summed E-state index contributed by atoms with van der Waals surface area (Å²) in [5, 5.41) is 9.55. The van der Waals surface area contributed by atoms with Crippen molar-refractivity contribution in [2.45, 2.75) is 19.8 Å². The highest BCUT2D eigenvalue weighted by molar-refractivity contribution is 6.31. The summed E-state index contributed by atoms with van der Waals surface area (Å²) in [6.45, 7) is 1.49. The van der Waals surface area contributed by atoms with E-state index in [1.54, 1.807) is 42.5 Å². The normalized spacial score (nSPS) is 10.6. The number of carbonyl (C=O) groups is 3. The molecule has 0 aliphatic rings. The molecule has 9 nitrogen and oxygen atoms in total. The number of methoxy groups -OCH3 is 1. The highest BCUT2D eigenvalue weighted by Crippen LogP contribution is 2.27. The number of anilines is 2. The molecule has 0 unspecified atom stereocenters. The van der Waals surface area contributed by atoms with Crippen LogP contribution in [0.5, 0.6) is 11.5 Å². The number of nitrogens with zero attached hydrogens (tertiary/aromatic N) is 1. The first-order valence-corrected chi connectivity index (χ1v) is 11.9. The molecule has 198 valence electrons. The maximum absolute atomic E-state index is 13.7. The number of nitrogens with one attached hydrogen (secondary N) is 3. The average molecular weight is 541 g/mol. The van der Waals surface area contributed by atoms with Crippen LogP contribution < -0.4 is 25.5 Å². The van der Waals surface area contributed by atoms with Crippen molar-refractivity contribution in [2.24, 2.45) is 5.10 Å². The molecule has 3 aromatic carbocycles. The Hall–Kier alpha value is -4.44. The molecule has 0 radical (unpaired) electrons. The zero-order valence-electron chi connectivity index (χ0n) is 20.7. The van der Waals surface area contributed by atoms with Gasteiger partial charge in [-0.3, -0.25) is 14.4 Å². The number of carbonyl (C=O) groups excluding carboxylic acids is 3. The van der Waals surface area contributed by atoms with Gasteiger partial charge in [0.1, 0.15) is 5.82 Å². The number of hydrazone groups is 1. The second kappa shape index (κ2) is 13.8. The monoisotopic (exact) mass is 540 g/mol. The fraction of sp³-hybridized carbons (Fsp3) is 0.185. The van der Waals surface area contributed by atoms with Crippen molar-refractivity contribution in [3.05, 3.63) is 82.6 Å². The number of rotatable bonds is 11. The first-order valence-electron chi connectivity index (χ1n) is 11.5. The summed E-state index contributed by atoms with van der Waals surface area (Å²) in [4.78, 5) is 36.2. The van der Waals surface area contributed by atoms with Crippen LogP contribution in [0.3, 0.4) is 0 Å². The second-order valence-corrected chi connectivity index (χ2v) is 8.44. The van der Waals surface area contributed by atoms with E-state index < -0.39 is 17.6 Å². The molecule has 0 spiro atoms. The third-order valence-corrected chi connectivity index (χ3v) is 5.54. The summed E-state index contributed by atoms with van der Waals surface area (Å²) in [6, 6.07) is 15.8. The van der Waals surface area contributed by atoms with Crippen LogP contribution in [0.4, 0.5) is 15.8 Å². The minimum atomic E-state index is -0.551. The maximum Gasteiger partial charge on any atom is 0.262 e. The number of benzene rings is 3. The number of amides is 3. The summed E-state index contributed by atoms with van der Waals surface area (Å²) in [5.74, 6) is -1.24. The van der Waals surface area contributed by atoms with Crippen molar-refractivity contribution >= 4 is 46.9 Å². The Morgan fingerprint density at radius 1 is 0.947 bits per heavy atom. The standard InChI is InChI=1S/C27H26ClFN4O5/c1-17-7-9-19(14-20(17)28)31-25(34)11-12-26(35)33-30-15-18-8-10-23(24(13-18)37-2)38-16-27(36)32-22-6-4-3-5-21(22)29/h3-10,13-15H,11-12,16H2,1-2H3,(H,31,34)(H,32,36)(H,33,35). The Kier molecular flexibility index (Phi) is 10.2. The zero-order chi connectivity index (χ0) is 27.5. The summed E-state index contributed by atoms with van der Waals surface area (Å²) in [7, 11) is 1.43. The first-order chi connectivity index (χ1) is 18.2. The molecule has 0 atom stereocenters. The smallest absolute Gasteiger partial charge is 0.262 e. The van der Waals surface area contributed by atoms with Crippen molar-refractivity contribution < 1.29 is 28.2 Å². The van der Waals surface area contributed by atoms with Crippen molar-refractivity contribution in [1.29, 1.82) is 0 Å². The lowest BCUT2D eigenvalue weighted by Crippen LogP contribution is -2.21. The van der Waals surface area contributed by atoms with Gasteiger partial charge in [0.15, 0.2) is 18.1 Å². The summed E-state index contributed by atoms with van der Waals surface area (Å²) in [6.07, 6.45) is 1.30. The van der Waals surface area contributed by atoms with Gasteiger partial charge >= 0.3 is 0 Å². The topological polar surface area (TPSA) is 118 Å². The fourth-order valence-corrected chi connectivity index (χ4v) is 3.31. The van der Waals surface area contributed by atoms with Gasteiger partial charge in [-0.2, -0.15) is 5.10 Å². The molecule has 11 heteroatoms. The van der Waals surface area contributed by atoms with Gasteiger partial charge in [-0.25, -0.2) is 9.82 Å². The van der Waals surface area contributed by atoms with E-state index in [9.17, 15) is 18.8 Å². The molecule has 0 bridgehead atoms. The van der Waals surface area contributed by atoms with Crippen LogP contribution in [-0.4, -0.2) is 37.7 Å². The fourth-order valence-electron chi connectivity index (χ4n) is 3.13. The van der Waals surface area contributed by atoms with E-state index in [-0.39, 0.29) is 31.0 Å². The van der Waals surface area contributed by atoms with Crippen LogP contribution in [0.2, 0.25) is 5.02 Å². The second-order valence-electron chi connectivity index (χ2n) is 8.03. The van der Waals surface area contributed by atoms with Gasteiger partial charge in [-0.15, -0.1) is 0 Å². The van der Waals surface area contributed by atoms with E-state index in [1.165, 1.54) is 31.5 Å². The van der Waals surface area contributed by atoms with Crippen LogP contribution in [0.25, 0.3) is 0 Å². The summed E-state index contributed by atoms with van der Waals surface area (Å²) >= 11 is 6.05. The number of halogens is 2. The number of hydrogen-bond donors (Lipinski definition) is 3. The minimum Gasteiger partial charge on any atom is -0.493 e. The molecule has 0 aromatic heterocycles. The van der Waals surface area contributed by atoms with Gasteiger partial charge in [0.25, 0.3) is 5.91 Å². The largest absolute Gasteiger partial charge is 0.493 e. The molecule has 0 aliphatic heterocycles. The van der Waals surface area contributed by atoms with Gasteiger partial charge in [-0.05, 0) is 60.5 Å². The van der Waals surface area contributed by atoms with Crippen molar-refractivity contribution in [3.63, 3.8) is 0 Å². The summed E-state index contributed by atoms with van der Waals surface area (Å²) in [5.41, 5.74) is 4.44. The Labute approximate surface area is 224 Å². The van der Waals surface area contributed by atoms with Crippen molar-refractivity contribution in [1.82, 2.24) is 5.43 Å². The van der Waals surface area contributed by atoms with Crippen LogP contribution >= 0.6 is 11.6 Å². The molecular formula is C27H26ClFN4O5. The molecule has 3 amide bonds. The Morgan fingerprint density at radius 2 is 1.71 bits per heavy atom. The molecule has 3 N–H and O–H groups in total. The Morgan fingerprint density at radius 3 is 2.45 bits per heavy atom. The van der Waals surface area contributed by atoms with Crippen LogP contribution in [0.15, 0.2) is 65.8 Å². The van der Waals surface area contributed by atoms with E-state index >= 15 is 0 Å². The number of para-hydroxylation sites is 1. The van der Waals surface area contributed by atoms with E-state index in [0.29, 0.717) is 27.8 Å². The maximum atomic E-state index is 13.7. The quantitative estimate of drug-likeness (QED) is 0.241. The third-order valence-electron chi connectivity index (χ3n) is 5.13. The molecule has 0 saturated carbocycles. The average Bonchev–Trinajstić information content (AvgIpc) is 2.90. The highest BCUT2D eigenvalue weighted by atomic mass is 35.5. The Balaban J connectivity index is 1.45. The first kappa shape index (κ1) is 28.1. The molecule has 3 aromatic rings. The lowest BCUT2D eigenvalue weighted by molar-refractivity contribution is -0.124. The van der Waals surface area contributed by atoms with E-state index in [2.05, 4.69) is 21.2 Å². The molecule has 0 aliphatic carbocycles. The molecule has 38 heavy (non-hydrogen) atoms. The van der Waals surface area contributed by atoms with E-state index in [1.807, 2.05) is 6.92 Å². The number of ether oxygens (including phenoxy) is 2. The SMILES string of the molecule is COc1cc(C=NNC(=O)CCC(=O)Nc2ccc(C)c(Cl)c2)ccc1OCC(=O)Nc1ccccc1F. The van der Waals surface area contributed by atoms with Gasteiger partial charge in [0.05, 0.1) is 19.0 Å². The van der Waals surface area contributed by atoms with Crippen LogP contribution in [0.1, 0.15) is 24.0 Å².